The Hall–Kier alpha value is -3.14. The summed E-state index contributed by atoms with van der Waals surface area (Å²) in [7, 11) is 1.57. The molecule has 216 valence electrons. The van der Waals surface area contributed by atoms with Crippen LogP contribution in [0.2, 0.25) is 0 Å². The highest BCUT2D eigenvalue weighted by molar-refractivity contribution is 5.94. The van der Waals surface area contributed by atoms with Gasteiger partial charge in [-0.3, -0.25) is 24.4 Å². The lowest BCUT2D eigenvalue weighted by Gasteiger charge is -2.39. The maximum Gasteiger partial charge on any atom is 0.251 e. The van der Waals surface area contributed by atoms with Crippen LogP contribution in [0.15, 0.2) is 24.3 Å². The smallest absolute Gasteiger partial charge is 0.251 e. The molecular weight excluding hydrogens is 500 g/mol. The maximum atomic E-state index is 13.6. The summed E-state index contributed by atoms with van der Waals surface area (Å²) in [5, 5.41) is 16.3. The van der Waals surface area contributed by atoms with Crippen LogP contribution in [-0.2, 0) is 14.4 Å². The van der Waals surface area contributed by atoms with Crippen LogP contribution in [0.5, 0.6) is 5.75 Å². The van der Waals surface area contributed by atoms with Crippen molar-refractivity contribution in [3.8, 4) is 5.75 Å². The van der Waals surface area contributed by atoms with Crippen molar-refractivity contribution in [1.29, 1.82) is 0 Å². The van der Waals surface area contributed by atoms with Gasteiger partial charge >= 0.3 is 0 Å². The second-order valence-electron chi connectivity index (χ2n) is 11.9. The van der Waals surface area contributed by atoms with Crippen LogP contribution in [0, 0.1) is 17.3 Å². The molecule has 1 heterocycles. The van der Waals surface area contributed by atoms with E-state index in [4.69, 9.17) is 4.74 Å². The lowest BCUT2D eigenvalue weighted by molar-refractivity contribution is -0.156. The predicted molar refractivity (Wildman–Crippen MR) is 146 cm³/mol. The normalized spacial score (nSPS) is 18.2. The van der Waals surface area contributed by atoms with E-state index in [1.54, 1.807) is 36.3 Å². The van der Waals surface area contributed by atoms with E-state index >= 15 is 0 Å². The number of amides is 4. The van der Waals surface area contributed by atoms with Gasteiger partial charge in [0.05, 0.1) is 19.6 Å². The van der Waals surface area contributed by atoms with E-state index in [2.05, 4.69) is 10.6 Å². The molecule has 10 heteroatoms. The highest BCUT2D eigenvalue weighted by atomic mass is 16.5. The summed E-state index contributed by atoms with van der Waals surface area (Å²) in [6.45, 7) is 6.57. The SMILES string of the molecule is COc1ccc(C(=O)NC2CCN(C(=O)C(NC(=O)C(CC3CCCC3)CN(O)C=O)C(C)(C)C)CC2)cc1. The first-order valence-electron chi connectivity index (χ1n) is 14.0. The van der Waals surface area contributed by atoms with Crippen molar-refractivity contribution in [2.45, 2.75) is 77.8 Å². The predicted octanol–water partition coefficient (Wildman–Crippen LogP) is 2.99. The Kier molecular flexibility index (Phi) is 10.7. The molecule has 2 atom stereocenters. The van der Waals surface area contributed by atoms with Gasteiger partial charge in [0.15, 0.2) is 0 Å². The third-order valence-corrected chi connectivity index (χ3v) is 7.89. The molecule has 1 aromatic carbocycles. The number of carbonyl (C=O) groups excluding carboxylic acids is 4. The maximum absolute atomic E-state index is 13.6. The topological polar surface area (TPSA) is 128 Å². The minimum Gasteiger partial charge on any atom is -0.497 e. The van der Waals surface area contributed by atoms with Crippen LogP contribution in [0.3, 0.4) is 0 Å². The van der Waals surface area contributed by atoms with Gasteiger partial charge in [-0.2, -0.15) is 0 Å². The molecule has 1 saturated heterocycles. The largest absolute Gasteiger partial charge is 0.497 e. The van der Waals surface area contributed by atoms with Crippen molar-refractivity contribution in [2.75, 3.05) is 26.7 Å². The Bertz CT molecular complexity index is 978. The van der Waals surface area contributed by atoms with Crippen LogP contribution in [0.25, 0.3) is 0 Å². The number of hydroxylamine groups is 2. The number of hydrogen-bond donors (Lipinski definition) is 3. The molecule has 39 heavy (non-hydrogen) atoms. The zero-order valence-electron chi connectivity index (χ0n) is 23.7. The Morgan fingerprint density at radius 2 is 1.72 bits per heavy atom. The number of hydrogen-bond acceptors (Lipinski definition) is 6. The van der Waals surface area contributed by atoms with Gasteiger partial charge in [0.1, 0.15) is 11.8 Å². The molecule has 1 aliphatic carbocycles. The molecule has 2 fully saturated rings. The molecule has 0 spiro atoms. The zero-order chi connectivity index (χ0) is 28.6. The highest BCUT2D eigenvalue weighted by Gasteiger charge is 2.39. The number of piperidine rings is 1. The average Bonchev–Trinajstić information content (AvgIpc) is 3.43. The van der Waals surface area contributed by atoms with Gasteiger partial charge in [0.25, 0.3) is 5.91 Å². The fourth-order valence-electron chi connectivity index (χ4n) is 5.53. The molecular formula is C29H44N4O6. The summed E-state index contributed by atoms with van der Waals surface area (Å²) in [6.07, 6.45) is 6.40. The van der Waals surface area contributed by atoms with Crippen molar-refractivity contribution in [1.82, 2.24) is 20.6 Å². The molecule has 1 aromatic rings. The van der Waals surface area contributed by atoms with Crippen LogP contribution in [0.4, 0.5) is 0 Å². The van der Waals surface area contributed by atoms with Gasteiger partial charge in [-0.15, -0.1) is 0 Å². The molecule has 3 N–H and O–H groups in total. The summed E-state index contributed by atoms with van der Waals surface area (Å²) in [5.41, 5.74) is 0.00110. The monoisotopic (exact) mass is 544 g/mol. The van der Waals surface area contributed by atoms with E-state index in [1.807, 2.05) is 20.8 Å². The van der Waals surface area contributed by atoms with Crippen molar-refractivity contribution in [3.63, 3.8) is 0 Å². The van der Waals surface area contributed by atoms with E-state index in [0.29, 0.717) is 61.1 Å². The third-order valence-electron chi connectivity index (χ3n) is 7.89. The van der Waals surface area contributed by atoms with Crippen molar-refractivity contribution < 1.29 is 29.1 Å². The number of rotatable bonds is 11. The van der Waals surface area contributed by atoms with Gasteiger partial charge in [0, 0.05) is 24.7 Å². The van der Waals surface area contributed by atoms with Gasteiger partial charge in [-0.1, -0.05) is 46.5 Å². The molecule has 1 aliphatic heterocycles. The summed E-state index contributed by atoms with van der Waals surface area (Å²) >= 11 is 0. The number of nitrogens with zero attached hydrogens (tertiary/aromatic N) is 2. The first-order chi connectivity index (χ1) is 18.5. The molecule has 2 unspecified atom stereocenters. The summed E-state index contributed by atoms with van der Waals surface area (Å²) in [6, 6.07) is 6.10. The first kappa shape index (κ1) is 30.4. The van der Waals surface area contributed by atoms with Gasteiger partial charge in [-0.25, -0.2) is 5.06 Å². The summed E-state index contributed by atoms with van der Waals surface area (Å²) in [4.78, 5) is 52.5. The number of nitrogens with one attached hydrogen (secondary N) is 2. The number of likely N-dealkylation sites (tertiary alicyclic amines) is 1. The van der Waals surface area contributed by atoms with Crippen LogP contribution >= 0.6 is 0 Å². The van der Waals surface area contributed by atoms with Crippen LogP contribution < -0.4 is 15.4 Å². The minimum atomic E-state index is -0.759. The van der Waals surface area contributed by atoms with E-state index in [1.165, 1.54) is 0 Å². The van der Waals surface area contributed by atoms with E-state index in [0.717, 1.165) is 25.7 Å². The molecule has 1 saturated carbocycles. The number of methoxy groups -OCH3 is 1. The fraction of sp³-hybridized carbons (Fsp3) is 0.655. The lowest BCUT2D eigenvalue weighted by atomic mass is 9.84. The van der Waals surface area contributed by atoms with Crippen LogP contribution in [-0.4, -0.2) is 78.1 Å². The number of benzene rings is 1. The Morgan fingerprint density at radius 3 is 2.26 bits per heavy atom. The third kappa shape index (κ3) is 8.68. The Morgan fingerprint density at radius 1 is 1.10 bits per heavy atom. The Balaban J connectivity index is 1.59. The second-order valence-corrected chi connectivity index (χ2v) is 11.9. The molecule has 0 bridgehead atoms. The van der Waals surface area contributed by atoms with Gasteiger partial charge in [-0.05, 0) is 54.9 Å². The van der Waals surface area contributed by atoms with Gasteiger partial charge < -0.3 is 20.3 Å². The zero-order valence-corrected chi connectivity index (χ0v) is 23.7. The minimum absolute atomic E-state index is 0.0546. The molecule has 10 nitrogen and oxygen atoms in total. The average molecular weight is 545 g/mol. The lowest BCUT2D eigenvalue weighted by Crippen LogP contribution is -2.58. The Labute approximate surface area is 231 Å². The van der Waals surface area contributed by atoms with E-state index in [9.17, 15) is 24.4 Å². The van der Waals surface area contributed by atoms with Crippen molar-refractivity contribution in [3.05, 3.63) is 29.8 Å². The molecule has 2 aliphatic rings. The first-order valence-corrected chi connectivity index (χ1v) is 14.0. The highest BCUT2D eigenvalue weighted by Crippen LogP contribution is 2.31. The molecule has 0 aromatic heterocycles. The van der Waals surface area contributed by atoms with Gasteiger partial charge in [0.2, 0.25) is 18.2 Å². The van der Waals surface area contributed by atoms with Crippen molar-refractivity contribution >= 4 is 24.1 Å². The second kappa shape index (κ2) is 13.8. The van der Waals surface area contributed by atoms with E-state index in [-0.39, 0.29) is 30.3 Å². The number of ether oxygens (including phenoxy) is 1. The van der Waals surface area contributed by atoms with Crippen LogP contribution in [0.1, 0.15) is 76.1 Å². The molecule has 0 radical (unpaired) electrons. The quantitative estimate of drug-likeness (QED) is 0.223. The number of carbonyl (C=O) groups is 4. The fourth-order valence-corrected chi connectivity index (χ4v) is 5.53. The van der Waals surface area contributed by atoms with Crippen molar-refractivity contribution in [2.24, 2.45) is 17.3 Å². The molecule has 4 amide bonds. The van der Waals surface area contributed by atoms with E-state index < -0.39 is 17.4 Å². The molecule has 3 rings (SSSR count). The standard InChI is InChI=1S/C29H44N4O6/c1-29(2,3)25(31-27(36)22(18-33(38)19-34)17-20-7-5-6-8-20)28(37)32-15-13-23(14-16-32)30-26(35)21-9-11-24(39-4)12-10-21/h9-12,19-20,22-23,25,38H,5-8,13-18H2,1-4H3,(H,30,35)(H,31,36). The summed E-state index contributed by atoms with van der Waals surface area (Å²) < 4.78 is 5.14. The summed E-state index contributed by atoms with van der Waals surface area (Å²) in [5.74, 6) is -0.189.